The topological polar surface area (TPSA) is 94.3 Å². The molecule has 1 aromatic heterocycles. The van der Waals surface area contributed by atoms with E-state index in [2.05, 4.69) is 5.16 Å². The molecule has 1 amide bonds. The highest BCUT2D eigenvalue weighted by Gasteiger charge is 2.35. The van der Waals surface area contributed by atoms with Crippen LogP contribution in [0.25, 0.3) is 11.3 Å². The fourth-order valence-corrected chi connectivity index (χ4v) is 3.59. The molecule has 28 heavy (non-hydrogen) atoms. The maximum Gasteiger partial charge on any atom is 0.260 e. The van der Waals surface area contributed by atoms with Crippen molar-refractivity contribution >= 4 is 5.91 Å². The Labute approximate surface area is 164 Å². The SMILES string of the molecule is COC[C@H]1CCCN1C(=O)c1c(-c2ccc(OC)c(OC)c2)noc1[C@H](C)O. The number of methoxy groups -OCH3 is 3. The molecule has 1 N–H and O–H groups in total. The van der Waals surface area contributed by atoms with Gasteiger partial charge in [0.25, 0.3) is 5.91 Å². The van der Waals surface area contributed by atoms with Gasteiger partial charge in [0, 0.05) is 19.2 Å². The average Bonchev–Trinajstić information content (AvgIpc) is 3.34. The minimum atomic E-state index is -0.969. The maximum atomic E-state index is 13.4. The molecule has 8 heteroatoms. The van der Waals surface area contributed by atoms with Crippen LogP contribution in [0, 0.1) is 0 Å². The Bertz CT molecular complexity index is 832. The van der Waals surface area contributed by atoms with E-state index in [9.17, 15) is 9.90 Å². The molecule has 0 unspecified atom stereocenters. The number of aliphatic hydroxyl groups excluding tert-OH is 1. The van der Waals surface area contributed by atoms with Crippen molar-refractivity contribution in [2.75, 3.05) is 34.5 Å². The van der Waals surface area contributed by atoms with E-state index < -0.39 is 6.10 Å². The van der Waals surface area contributed by atoms with E-state index in [0.29, 0.717) is 35.9 Å². The Balaban J connectivity index is 2.06. The molecule has 0 radical (unpaired) electrons. The van der Waals surface area contributed by atoms with Gasteiger partial charge in [0.15, 0.2) is 17.3 Å². The van der Waals surface area contributed by atoms with Crippen molar-refractivity contribution in [3.05, 3.63) is 29.5 Å². The Morgan fingerprint density at radius 3 is 2.71 bits per heavy atom. The van der Waals surface area contributed by atoms with E-state index in [1.54, 1.807) is 44.2 Å². The molecule has 1 fully saturated rings. The van der Waals surface area contributed by atoms with Crippen molar-refractivity contribution < 1.29 is 28.6 Å². The summed E-state index contributed by atoms with van der Waals surface area (Å²) in [5.41, 5.74) is 1.27. The summed E-state index contributed by atoms with van der Waals surface area (Å²) < 4.78 is 21.3. The highest BCUT2D eigenvalue weighted by Crippen LogP contribution is 2.36. The predicted molar refractivity (Wildman–Crippen MR) is 102 cm³/mol. The zero-order valence-corrected chi connectivity index (χ0v) is 16.6. The zero-order chi connectivity index (χ0) is 20.3. The number of carbonyl (C=O) groups is 1. The van der Waals surface area contributed by atoms with Crippen LogP contribution < -0.4 is 9.47 Å². The van der Waals surface area contributed by atoms with Gasteiger partial charge in [-0.15, -0.1) is 0 Å². The number of rotatable bonds is 7. The first-order chi connectivity index (χ1) is 13.5. The smallest absolute Gasteiger partial charge is 0.260 e. The van der Waals surface area contributed by atoms with E-state index in [0.717, 1.165) is 12.8 Å². The normalized spacial score (nSPS) is 17.6. The number of benzene rings is 1. The van der Waals surface area contributed by atoms with Gasteiger partial charge in [-0.2, -0.15) is 0 Å². The van der Waals surface area contributed by atoms with Crippen LogP contribution in [-0.4, -0.2) is 61.6 Å². The Morgan fingerprint density at radius 2 is 2.07 bits per heavy atom. The molecular formula is C20H26N2O6. The maximum absolute atomic E-state index is 13.4. The Hall–Kier alpha value is -2.58. The van der Waals surface area contributed by atoms with Gasteiger partial charge in [-0.1, -0.05) is 5.16 Å². The lowest BCUT2D eigenvalue weighted by Crippen LogP contribution is -2.38. The van der Waals surface area contributed by atoms with Crippen LogP contribution in [0.2, 0.25) is 0 Å². The minimum absolute atomic E-state index is 0.00694. The number of amides is 1. The Kier molecular flexibility index (Phi) is 6.21. The van der Waals surface area contributed by atoms with Crippen molar-refractivity contribution in [1.82, 2.24) is 10.1 Å². The van der Waals surface area contributed by atoms with Crippen molar-refractivity contribution in [2.24, 2.45) is 0 Å². The van der Waals surface area contributed by atoms with Gasteiger partial charge in [-0.25, -0.2) is 0 Å². The van der Waals surface area contributed by atoms with Crippen LogP contribution in [0.4, 0.5) is 0 Å². The lowest BCUT2D eigenvalue weighted by molar-refractivity contribution is 0.0621. The average molecular weight is 390 g/mol. The molecule has 1 aliphatic rings. The minimum Gasteiger partial charge on any atom is -0.493 e. The van der Waals surface area contributed by atoms with E-state index in [1.807, 2.05) is 0 Å². The largest absolute Gasteiger partial charge is 0.493 e. The number of hydrogen-bond donors (Lipinski definition) is 1. The second kappa shape index (κ2) is 8.62. The number of hydrogen-bond acceptors (Lipinski definition) is 7. The molecule has 1 aromatic carbocycles. The monoisotopic (exact) mass is 390 g/mol. The molecule has 8 nitrogen and oxygen atoms in total. The van der Waals surface area contributed by atoms with Gasteiger partial charge < -0.3 is 28.7 Å². The van der Waals surface area contributed by atoms with Gasteiger partial charge in [0.1, 0.15) is 17.4 Å². The first-order valence-corrected chi connectivity index (χ1v) is 9.21. The second-order valence-corrected chi connectivity index (χ2v) is 6.77. The zero-order valence-electron chi connectivity index (χ0n) is 16.6. The third-order valence-corrected chi connectivity index (χ3v) is 4.97. The quantitative estimate of drug-likeness (QED) is 0.777. The van der Waals surface area contributed by atoms with E-state index in [-0.39, 0.29) is 23.3 Å². The van der Waals surface area contributed by atoms with Crippen molar-refractivity contribution in [3.8, 4) is 22.8 Å². The van der Waals surface area contributed by atoms with Gasteiger partial charge >= 0.3 is 0 Å². The molecule has 1 saturated heterocycles. The second-order valence-electron chi connectivity index (χ2n) is 6.77. The highest BCUT2D eigenvalue weighted by molar-refractivity contribution is 6.01. The van der Waals surface area contributed by atoms with Gasteiger partial charge in [0.2, 0.25) is 0 Å². The molecule has 0 saturated carbocycles. The summed E-state index contributed by atoms with van der Waals surface area (Å²) in [6, 6.07) is 5.24. The first kappa shape index (κ1) is 20.2. The summed E-state index contributed by atoms with van der Waals surface area (Å²) in [6.45, 7) is 2.64. The molecule has 0 aliphatic carbocycles. The number of aromatic nitrogens is 1. The standard InChI is InChI=1S/C20H26N2O6/c1-12(23)19-17(20(24)22-9-5-6-14(22)11-25-2)18(21-28-19)13-7-8-15(26-3)16(10-13)27-4/h7-8,10,12,14,23H,5-6,9,11H2,1-4H3/t12-,14+/m0/s1. The van der Waals surface area contributed by atoms with Gasteiger partial charge in [-0.05, 0) is 38.0 Å². The number of likely N-dealkylation sites (tertiary alicyclic amines) is 1. The fraction of sp³-hybridized carbons (Fsp3) is 0.500. The van der Waals surface area contributed by atoms with Crippen LogP contribution in [0.5, 0.6) is 11.5 Å². The summed E-state index contributed by atoms with van der Waals surface area (Å²) in [4.78, 5) is 15.2. The third kappa shape index (κ3) is 3.70. The van der Waals surface area contributed by atoms with Crippen molar-refractivity contribution in [1.29, 1.82) is 0 Å². The number of carbonyl (C=O) groups excluding carboxylic acids is 1. The van der Waals surface area contributed by atoms with Crippen LogP contribution in [-0.2, 0) is 4.74 Å². The molecule has 1 aliphatic heterocycles. The summed E-state index contributed by atoms with van der Waals surface area (Å²) in [7, 11) is 4.71. The fourth-order valence-electron chi connectivity index (χ4n) is 3.59. The first-order valence-electron chi connectivity index (χ1n) is 9.21. The molecule has 0 bridgehead atoms. The van der Waals surface area contributed by atoms with Gasteiger partial charge in [-0.3, -0.25) is 4.79 Å². The van der Waals surface area contributed by atoms with Crippen LogP contribution in [0.3, 0.4) is 0 Å². The summed E-state index contributed by atoms with van der Waals surface area (Å²) in [5.74, 6) is 1.01. The molecule has 2 heterocycles. The van der Waals surface area contributed by atoms with Crippen molar-refractivity contribution in [2.45, 2.75) is 31.9 Å². The lowest BCUT2D eigenvalue weighted by atomic mass is 10.0. The van der Waals surface area contributed by atoms with Crippen LogP contribution in [0.1, 0.15) is 42.0 Å². The number of nitrogens with zero attached hydrogens (tertiary/aromatic N) is 2. The number of aliphatic hydroxyl groups is 1. The molecule has 2 atom stereocenters. The van der Waals surface area contributed by atoms with Crippen molar-refractivity contribution in [3.63, 3.8) is 0 Å². The summed E-state index contributed by atoms with van der Waals surface area (Å²) >= 11 is 0. The van der Waals surface area contributed by atoms with E-state index >= 15 is 0 Å². The van der Waals surface area contributed by atoms with E-state index in [1.165, 1.54) is 7.11 Å². The molecule has 3 rings (SSSR count). The summed E-state index contributed by atoms with van der Waals surface area (Å²) in [6.07, 6.45) is 0.810. The Morgan fingerprint density at radius 1 is 1.32 bits per heavy atom. The molecule has 2 aromatic rings. The molecular weight excluding hydrogens is 364 g/mol. The van der Waals surface area contributed by atoms with E-state index in [4.69, 9.17) is 18.7 Å². The van der Waals surface area contributed by atoms with Gasteiger partial charge in [0.05, 0.1) is 26.9 Å². The lowest BCUT2D eigenvalue weighted by Gasteiger charge is -2.24. The predicted octanol–water partition coefficient (Wildman–Crippen LogP) is 2.66. The highest BCUT2D eigenvalue weighted by atomic mass is 16.5. The van der Waals surface area contributed by atoms with Crippen LogP contribution in [0.15, 0.2) is 22.7 Å². The summed E-state index contributed by atoms with van der Waals surface area (Å²) in [5, 5.41) is 14.2. The third-order valence-electron chi connectivity index (χ3n) is 4.97. The molecule has 0 spiro atoms. The number of ether oxygens (including phenoxy) is 3. The van der Waals surface area contributed by atoms with Crippen LogP contribution >= 0.6 is 0 Å². The molecule has 152 valence electrons.